The van der Waals surface area contributed by atoms with Gasteiger partial charge in [-0.05, 0) is 44.9 Å². The van der Waals surface area contributed by atoms with E-state index in [1.807, 2.05) is 6.08 Å². The molecule has 1 saturated heterocycles. The van der Waals surface area contributed by atoms with Gasteiger partial charge in [-0.2, -0.15) is 8.42 Å². The first kappa shape index (κ1) is 78.6. The molecule has 7 atom stereocenters. The SMILES string of the molecule is CCCCCCCCCCCCCCCCCC/C=C\CCCCCCCCCCCCCCCCCCCC(=O)NC(COC1OC(CO)C(O)C(OS(=O)(=O)O)C1O)C(O)/C=C/CCCCCCCCCCCCCCCCCC. The molecule has 1 amide bonds. The van der Waals surface area contributed by atoms with Crippen LogP contribution in [0, 0.1) is 0 Å². The van der Waals surface area contributed by atoms with Gasteiger partial charge < -0.3 is 35.2 Å². The van der Waals surface area contributed by atoms with Gasteiger partial charge in [-0.1, -0.05) is 327 Å². The number of unbranched alkanes of at least 4 members (excludes halogenated alkanes) is 49. The molecule has 486 valence electrons. The van der Waals surface area contributed by atoms with Gasteiger partial charge in [-0.3, -0.25) is 9.35 Å². The van der Waals surface area contributed by atoms with Crippen LogP contribution in [0.2, 0.25) is 0 Å². The summed E-state index contributed by atoms with van der Waals surface area (Å²) in [7, 11) is -5.09. The Morgan fingerprint density at radius 3 is 1.10 bits per heavy atom. The lowest BCUT2D eigenvalue weighted by Gasteiger charge is -2.41. The van der Waals surface area contributed by atoms with Crippen LogP contribution in [0.5, 0.6) is 0 Å². The van der Waals surface area contributed by atoms with Crippen molar-refractivity contribution in [1.29, 1.82) is 0 Å². The average molecular weight is 1180 g/mol. The van der Waals surface area contributed by atoms with Crippen molar-refractivity contribution < 1.29 is 51.8 Å². The minimum absolute atomic E-state index is 0.255. The summed E-state index contributed by atoms with van der Waals surface area (Å²) in [6, 6.07) is -0.943. The molecular weight excluding hydrogens is 1050 g/mol. The van der Waals surface area contributed by atoms with Crippen molar-refractivity contribution in [3.05, 3.63) is 24.3 Å². The molecule has 0 aliphatic carbocycles. The molecule has 6 N–H and O–H groups in total. The second kappa shape index (κ2) is 58.6. The molecule has 1 aliphatic rings. The third-order valence-corrected chi connectivity index (χ3v) is 17.4. The quantitative estimate of drug-likeness (QED) is 0.0193. The van der Waals surface area contributed by atoms with Crippen molar-refractivity contribution in [2.45, 2.75) is 397 Å². The number of nitrogens with one attached hydrogen (secondary N) is 1. The molecule has 1 rings (SSSR count). The normalized spacial score (nSPS) is 18.5. The Labute approximate surface area is 505 Å². The van der Waals surface area contributed by atoms with Gasteiger partial charge in [0, 0.05) is 6.42 Å². The average Bonchev–Trinajstić information content (AvgIpc) is 3.60. The molecule has 1 heterocycles. The van der Waals surface area contributed by atoms with Crippen molar-refractivity contribution in [3.8, 4) is 0 Å². The number of amides is 1. The van der Waals surface area contributed by atoms with Gasteiger partial charge in [0.2, 0.25) is 5.91 Å². The number of allylic oxidation sites excluding steroid dienone is 3. The molecule has 0 aromatic rings. The number of carbonyl (C=O) groups excluding carboxylic acids is 1. The van der Waals surface area contributed by atoms with Gasteiger partial charge in [0.15, 0.2) is 6.29 Å². The summed E-state index contributed by atoms with van der Waals surface area (Å²) in [6.45, 7) is 3.45. The van der Waals surface area contributed by atoms with Crippen LogP contribution in [0.15, 0.2) is 24.3 Å². The van der Waals surface area contributed by atoms with Crippen LogP contribution in [0.25, 0.3) is 0 Å². The molecule has 1 aliphatic heterocycles. The second-order valence-corrected chi connectivity index (χ2v) is 25.9. The number of carbonyl (C=O) groups is 1. The van der Waals surface area contributed by atoms with Crippen molar-refractivity contribution in [2.24, 2.45) is 0 Å². The Bertz CT molecular complexity index is 1530. The molecule has 13 heteroatoms. The van der Waals surface area contributed by atoms with Crippen LogP contribution in [-0.4, -0.2) is 95.4 Å². The summed E-state index contributed by atoms with van der Waals surface area (Å²) in [5.74, 6) is -0.255. The number of rotatable bonds is 63. The van der Waals surface area contributed by atoms with E-state index in [1.165, 1.54) is 289 Å². The van der Waals surface area contributed by atoms with Crippen molar-refractivity contribution in [3.63, 3.8) is 0 Å². The van der Waals surface area contributed by atoms with E-state index in [9.17, 15) is 38.2 Å². The summed E-state index contributed by atoms with van der Waals surface area (Å²) >= 11 is 0. The molecule has 0 saturated carbocycles. The molecule has 1 fully saturated rings. The Morgan fingerprint density at radius 2 is 0.780 bits per heavy atom. The fraction of sp³-hybridized carbons (Fsp3) is 0.928. The lowest BCUT2D eigenvalue weighted by molar-refractivity contribution is -0.298. The molecule has 0 spiro atoms. The first-order valence-electron chi connectivity index (χ1n) is 35.2. The largest absolute Gasteiger partial charge is 0.397 e. The molecule has 0 aromatic carbocycles. The summed E-state index contributed by atoms with van der Waals surface area (Å²) in [5, 5.41) is 45.1. The number of hydrogen-bond acceptors (Lipinski definition) is 10. The number of hydrogen-bond donors (Lipinski definition) is 6. The van der Waals surface area contributed by atoms with Crippen LogP contribution in [0.1, 0.15) is 354 Å². The molecule has 0 aromatic heterocycles. The van der Waals surface area contributed by atoms with E-state index >= 15 is 0 Å². The molecule has 0 bridgehead atoms. The summed E-state index contributed by atoms with van der Waals surface area (Å²) in [5.41, 5.74) is 0. The maximum Gasteiger partial charge on any atom is 0.397 e. The van der Waals surface area contributed by atoms with E-state index in [2.05, 4.69) is 35.5 Å². The highest BCUT2D eigenvalue weighted by atomic mass is 32.3. The van der Waals surface area contributed by atoms with E-state index in [0.29, 0.717) is 6.42 Å². The lowest BCUT2D eigenvalue weighted by Crippen LogP contribution is -2.61. The number of ether oxygens (including phenoxy) is 2. The third-order valence-electron chi connectivity index (χ3n) is 17.0. The van der Waals surface area contributed by atoms with Crippen LogP contribution in [0.4, 0.5) is 0 Å². The Balaban J connectivity index is 2.18. The van der Waals surface area contributed by atoms with Gasteiger partial charge in [0.25, 0.3) is 0 Å². The maximum absolute atomic E-state index is 13.2. The van der Waals surface area contributed by atoms with Gasteiger partial charge in [-0.25, -0.2) is 4.18 Å². The Kier molecular flexibility index (Phi) is 56.2. The molecule has 0 radical (unpaired) electrons. The highest BCUT2D eigenvalue weighted by Crippen LogP contribution is 2.26. The third kappa shape index (κ3) is 49.7. The van der Waals surface area contributed by atoms with E-state index in [0.717, 1.165) is 38.5 Å². The standard InChI is InChI=1S/C69H133NO11S/c1-3-5-7-9-11-13-15-17-19-21-23-24-25-26-27-28-29-30-31-32-33-34-35-36-37-38-39-40-41-43-45-47-49-51-53-55-57-59-65(73)70-62(61-79-69-67(75)68(81-82(76,77)78)66(74)64(60-71)80-69)63(72)58-56-54-52-50-48-46-44-42-22-20-18-16-14-12-10-8-6-4-2/h30-31,56,58,62-64,66-69,71-72,74-75H,3-29,32-55,57,59-61H2,1-2H3,(H,70,73)(H,76,77,78)/b31-30-,58-56+. The first-order chi connectivity index (χ1) is 40.0. The van der Waals surface area contributed by atoms with E-state index in [1.54, 1.807) is 6.08 Å². The highest BCUT2D eigenvalue weighted by molar-refractivity contribution is 7.80. The summed E-state index contributed by atoms with van der Waals surface area (Å²) in [6.07, 6.45) is 67.0. The van der Waals surface area contributed by atoms with Crippen LogP contribution >= 0.6 is 0 Å². The minimum atomic E-state index is -5.09. The van der Waals surface area contributed by atoms with E-state index < -0.39 is 59.9 Å². The van der Waals surface area contributed by atoms with Gasteiger partial charge in [-0.15, -0.1) is 0 Å². The fourth-order valence-corrected chi connectivity index (χ4v) is 12.1. The maximum atomic E-state index is 13.2. The van der Waals surface area contributed by atoms with Crippen molar-refractivity contribution >= 4 is 16.3 Å². The zero-order valence-corrected chi connectivity index (χ0v) is 54.2. The van der Waals surface area contributed by atoms with Gasteiger partial charge >= 0.3 is 10.4 Å². The van der Waals surface area contributed by atoms with Crippen LogP contribution in [-0.2, 0) is 28.9 Å². The zero-order chi connectivity index (χ0) is 59.7. The van der Waals surface area contributed by atoms with E-state index in [4.69, 9.17) is 9.47 Å². The van der Waals surface area contributed by atoms with Crippen molar-refractivity contribution in [1.82, 2.24) is 5.32 Å². The zero-order valence-electron chi connectivity index (χ0n) is 53.3. The van der Waals surface area contributed by atoms with E-state index in [-0.39, 0.29) is 18.9 Å². The van der Waals surface area contributed by atoms with Crippen molar-refractivity contribution in [2.75, 3.05) is 13.2 Å². The predicted molar refractivity (Wildman–Crippen MR) is 342 cm³/mol. The molecule has 7 unspecified atom stereocenters. The monoisotopic (exact) mass is 1180 g/mol. The Morgan fingerprint density at radius 1 is 0.476 bits per heavy atom. The summed E-state index contributed by atoms with van der Waals surface area (Å²) < 4.78 is 48.0. The lowest BCUT2D eigenvalue weighted by atomic mass is 9.99. The smallest absolute Gasteiger partial charge is 0.394 e. The summed E-state index contributed by atoms with van der Waals surface area (Å²) in [4.78, 5) is 13.2. The first-order valence-corrected chi connectivity index (χ1v) is 36.6. The number of aliphatic hydroxyl groups is 4. The molecule has 12 nitrogen and oxygen atoms in total. The molecule has 82 heavy (non-hydrogen) atoms. The minimum Gasteiger partial charge on any atom is -0.394 e. The highest BCUT2D eigenvalue weighted by Gasteiger charge is 2.48. The topological polar surface area (TPSA) is 192 Å². The number of aliphatic hydroxyl groups excluding tert-OH is 4. The second-order valence-electron chi connectivity index (χ2n) is 24.8. The van der Waals surface area contributed by atoms with Crippen LogP contribution in [0.3, 0.4) is 0 Å². The van der Waals surface area contributed by atoms with Crippen LogP contribution < -0.4 is 5.32 Å². The van der Waals surface area contributed by atoms with Gasteiger partial charge in [0.05, 0.1) is 25.4 Å². The van der Waals surface area contributed by atoms with Gasteiger partial charge in [0.1, 0.15) is 24.4 Å². The molecular formula is C69H133NO11S. The fourth-order valence-electron chi connectivity index (χ4n) is 11.6. The predicted octanol–water partition coefficient (Wildman–Crippen LogP) is 18.3. The Hall–Kier alpha value is -1.42.